The highest BCUT2D eigenvalue weighted by Gasteiger charge is 2.10. The molecule has 0 saturated carbocycles. The third kappa shape index (κ3) is 2.19. The van der Waals surface area contributed by atoms with Crippen LogP contribution in [-0.4, -0.2) is 16.5 Å². The van der Waals surface area contributed by atoms with Crippen molar-refractivity contribution < 1.29 is 0 Å². The van der Waals surface area contributed by atoms with Crippen LogP contribution in [0.2, 0.25) is 0 Å². The molecule has 0 aromatic heterocycles. The maximum Gasteiger partial charge on any atom is 0.219 e. The Morgan fingerprint density at radius 2 is 2.09 bits per heavy atom. The van der Waals surface area contributed by atoms with E-state index in [4.69, 9.17) is 12.2 Å². The molecule has 0 aromatic carbocycles. The second-order valence-corrected chi connectivity index (χ2v) is 3.01. The van der Waals surface area contributed by atoms with E-state index in [1.54, 1.807) is 0 Å². The number of hydrogen-bond donors (Lipinski definition) is 0. The molecule has 0 N–H and O–H groups in total. The molecule has 0 radical (unpaired) electrons. The second kappa shape index (κ2) is 3.72. The standard InChI is InChI=1S/C8H12N2S/c1-3-4-5-7-6(2)9-8(11)10-7/h3-5H2,1-2H3. The molecule has 0 spiro atoms. The Kier molecular flexibility index (Phi) is 2.88. The van der Waals surface area contributed by atoms with Crippen molar-refractivity contribution in [3.63, 3.8) is 0 Å². The number of aliphatic imine (C=N–C) groups is 2. The van der Waals surface area contributed by atoms with E-state index >= 15 is 0 Å². The topological polar surface area (TPSA) is 24.7 Å². The van der Waals surface area contributed by atoms with E-state index in [1.165, 1.54) is 12.8 Å². The first-order valence-electron chi connectivity index (χ1n) is 3.91. The highest BCUT2D eigenvalue weighted by Crippen LogP contribution is 2.06. The Labute approximate surface area is 72.4 Å². The van der Waals surface area contributed by atoms with Crippen LogP contribution in [-0.2, 0) is 0 Å². The Morgan fingerprint density at radius 3 is 2.55 bits per heavy atom. The Hall–Kier alpha value is -0.570. The Balaban J connectivity index is 2.53. The summed E-state index contributed by atoms with van der Waals surface area (Å²) in [5, 5.41) is 0.494. The first-order valence-corrected chi connectivity index (χ1v) is 4.32. The molecule has 0 fully saturated rings. The predicted molar refractivity (Wildman–Crippen MR) is 52.7 cm³/mol. The van der Waals surface area contributed by atoms with Crippen molar-refractivity contribution in [2.75, 3.05) is 0 Å². The molecule has 0 aromatic rings. The van der Waals surface area contributed by atoms with Gasteiger partial charge in [-0.05, 0) is 32.0 Å². The minimum absolute atomic E-state index is 0.494. The van der Waals surface area contributed by atoms with E-state index in [2.05, 4.69) is 16.9 Å². The molecule has 0 saturated heterocycles. The minimum Gasteiger partial charge on any atom is -0.222 e. The fourth-order valence-electron chi connectivity index (χ4n) is 1.01. The van der Waals surface area contributed by atoms with Crippen molar-refractivity contribution >= 4 is 28.8 Å². The van der Waals surface area contributed by atoms with Crippen LogP contribution in [0.1, 0.15) is 33.1 Å². The van der Waals surface area contributed by atoms with Crippen LogP contribution in [0.4, 0.5) is 0 Å². The maximum absolute atomic E-state index is 4.85. The van der Waals surface area contributed by atoms with Gasteiger partial charge < -0.3 is 0 Å². The normalized spacial score (nSPS) is 16.7. The van der Waals surface area contributed by atoms with Crippen molar-refractivity contribution in [3.8, 4) is 0 Å². The van der Waals surface area contributed by atoms with Gasteiger partial charge in [-0.25, -0.2) is 9.98 Å². The zero-order valence-electron chi connectivity index (χ0n) is 6.92. The first-order chi connectivity index (χ1) is 5.24. The largest absolute Gasteiger partial charge is 0.222 e. The lowest BCUT2D eigenvalue weighted by atomic mass is 10.1. The fraction of sp³-hybridized carbons (Fsp3) is 0.625. The van der Waals surface area contributed by atoms with Gasteiger partial charge in [0, 0.05) is 0 Å². The highest BCUT2D eigenvalue weighted by atomic mass is 32.1. The van der Waals surface area contributed by atoms with E-state index in [9.17, 15) is 0 Å². The van der Waals surface area contributed by atoms with Crippen LogP contribution in [0.15, 0.2) is 9.98 Å². The summed E-state index contributed by atoms with van der Waals surface area (Å²) in [6, 6.07) is 0. The van der Waals surface area contributed by atoms with E-state index in [0.29, 0.717) is 5.11 Å². The third-order valence-electron chi connectivity index (χ3n) is 1.68. The first kappa shape index (κ1) is 8.53. The molecule has 0 aliphatic carbocycles. The highest BCUT2D eigenvalue weighted by molar-refractivity contribution is 7.80. The van der Waals surface area contributed by atoms with Gasteiger partial charge in [0.2, 0.25) is 5.11 Å². The SMILES string of the molecule is CCCCC1=NC(=S)N=C1C. The summed E-state index contributed by atoms with van der Waals surface area (Å²) in [6.45, 7) is 4.13. The molecular formula is C8H12N2S. The molecule has 1 aliphatic rings. The lowest BCUT2D eigenvalue weighted by Gasteiger charge is -1.96. The van der Waals surface area contributed by atoms with Gasteiger partial charge in [-0.1, -0.05) is 13.3 Å². The Bertz CT molecular complexity index is 228. The van der Waals surface area contributed by atoms with Crippen LogP contribution < -0.4 is 0 Å². The second-order valence-electron chi connectivity index (χ2n) is 2.64. The maximum atomic E-state index is 4.85. The van der Waals surface area contributed by atoms with Crippen molar-refractivity contribution in [1.82, 2.24) is 0 Å². The van der Waals surface area contributed by atoms with Crippen LogP contribution in [0.25, 0.3) is 0 Å². The average Bonchev–Trinajstić information content (AvgIpc) is 2.26. The van der Waals surface area contributed by atoms with Gasteiger partial charge in [-0.2, -0.15) is 0 Å². The van der Waals surface area contributed by atoms with Crippen LogP contribution in [0.3, 0.4) is 0 Å². The van der Waals surface area contributed by atoms with Gasteiger partial charge in [0.15, 0.2) is 0 Å². The lowest BCUT2D eigenvalue weighted by Crippen LogP contribution is -2.05. The zero-order chi connectivity index (χ0) is 8.27. The van der Waals surface area contributed by atoms with Gasteiger partial charge in [0.1, 0.15) is 0 Å². The molecule has 0 amide bonds. The summed E-state index contributed by atoms with van der Waals surface area (Å²) in [5.41, 5.74) is 2.08. The monoisotopic (exact) mass is 168 g/mol. The lowest BCUT2D eigenvalue weighted by molar-refractivity contribution is 0.839. The van der Waals surface area contributed by atoms with E-state index in [1.807, 2.05) is 6.92 Å². The summed E-state index contributed by atoms with van der Waals surface area (Å²) in [5.74, 6) is 0. The van der Waals surface area contributed by atoms with Crippen molar-refractivity contribution in [2.45, 2.75) is 33.1 Å². The van der Waals surface area contributed by atoms with E-state index in [0.717, 1.165) is 17.8 Å². The molecule has 1 aliphatic heterocycles. The van der Waals surface area contributed by atoms with Gasteiger partial charge in [0.05, 0.1) is 11.4 Å². The molecule has 1 heterocycles. The number of nitrogens with zero attached hydrogens (tertiary/aromatic N) is 2. The summed E-state index contributed by atoms with van der Waals surface area (Å²) in [7, 11) is 0. The van der Waals surface area contributed by atoms with Crippen molar-refractivity contribution in [3.05, 3.63) is 0 Å². The summed E-state index contributed by atoms with van der Waals surface area (Å²) >= 11 is 4.85. The van der Waals surface area contributed by atoms with E-state index in [-0.39, 0.29) is 0 Å². The van der Waals surface area contributed by atoms with Crippen LogP contribution in [0, 0.1) is 0 Å². The molecule has 2 nitrogen and oxygen atoms in total. The molecule has 0 atom stereocenters. The number of hydrogen-bond acceptors (Lipinski definition) is 1. The van der Waals surface area contributed by atoms with Crippen LogP contribution in [0.5, 0.6) is 0 Å². The van der Waals surface area contributed by atoms with Gasteiger partial charge in [0.25, 0.3) is 0 Å². The van der Waals surface area contributed by atoms with Gasteiger partial charge >= 0.3 is 0 Å². The van der Waals surface area contributed by atoms with Gasteiger partial charge in [-0.15, -0.1) is 0 Å². The molecule has 0 unspecified atom stereocenters. The fourth-order valence-corrected chi connectivity index (χ4v) is 1.26. The third-order valence-corrected chi connectivity index (χ3v) is 1.86. The number of unbranched alkanes of at least 4 members (excludes halogenated alkanes) is 1. The summed E-state index contributed by atoms with van der Waals surface area (Å²) in [4.78, 5) is 8.22. The van der Waals surface area contributed by atoms with E-state index < -0.39 is 0 Å². The number of thiocarbonyl (C=S) groups is 1. The van der Waals surface area contributed by atoms with Crippen LogP contribution >= 0.6 is 12.2 Å². The average molecular weight is 168 g/mol. The molecule has 3 heteroatoms. The summed E-state index contributed by atoms with van der Waals surface area (Å²) < 4.78 is 0. The number of rotatable bonds is 3. The molecule has 60 valence electrons. The smallest absolute Gasteiger partial charge is 0.219 e. The summed E-state index contributed by atoms with van der Waals surface area (Å²) in [6.07, 6.45) is 3.39. The molecular weight excluding hydrogens is 156 g/mol. The molecule has 11 heavy (non-hydrogen) atoms. The molecule has 1 rings (SSSR count). The Morgan fingerprint density at radius 1 is 1.36 bits per heavy atom. The van der Waals surface area contributed by atoms with Crippen molar-refractivity contribution in [2.24, 2.45) is 9.98 Å². The van der Waals surface area contributed by atoms with Crippen molar-refractivity contribution in [1.29, 1.82) is 0 Å². The quantitative estimate of drug-likeness (QED) is 0.594. The van der Waals surface area contributed by atoms with Gasteiger partial charge in [-0.3, -0.25) is 0 Å². The predicted octanol–water partition coefficient (Wildman–Crippen LogP) is 2.38. The minimum atomic E-state index is 0.494. The molecule has 0 bridgehead atoms. The zero-order valence-corrected chi connectivity index (χ0v) is 7.74.